The van der Waals surface area contributed by atoms with Gasteiger partial charge < -0.3 is 5.73 Å². The summed E-state index contributed by atoms with van der Waals surface area (Å²) in [6.45, 7) is 6.28. The van der Waals surface area contributed by atoms with Crippen LogP contribution in [0.1, 0.15) is 33.6 Å². The third kappa shape index (κ3) is 4.28. The molecule has 1 heterocycles. The summed E-state index contributed by atoms with van der Waals surface area (Å²) >= 11 is 0. The summed E-state index contributed by atoms with van der Waals surface area (Å²) in [6.07, 6.45) is 1.45. The van der Waals surface area contributed by atoms with Crippen molar-refractivity contribution >= 4 is 21.5 Å². The molecule has 0 aromatic heterocycles. The van der Waals surface area contributed by atoms with E-state index in [4.69, 9.17) is 5.73 Å². The van der Waals surface area contributed by atoms with Gasteiger partial charge in [-0.25, -0.2) is 13.4 Å². The molecular formula is C13H25N3O3S. The van der Waals surface area contributed by atoms with Crippen molar-refractivity contribution in [3.8, 4) is 0 Å². The summed E-state index contributed by atoms with van der Waals surface area (Å²) in [5.41, 5.74) is 6.34. The van der Waals surface area contributed by atoms with Gasteiger partial charge >= 0.3 is 0 Å². The van der Waals surface area contributed by atoms with Gasteiger partial charge in [0.25, 0.3) is 5.91 Å². The minimum absolute atomic E-state index is 0.0340. The smallest absolute Gasteiger partial charge is 0.251 e. The molecule has 0 fully saturated rings. The Labute approximate surface area is 121 Å². The number of carbonyl (C=O) groups is 1. The average Bonchev–Trinajstić information content (AvgIpc) is 2.71. The molecular weight excluding hydrogens is 278 g/mol. The van der Waals surface area contributed by atoms with E-state index in [1.54, 1.807) is 6.92 Å². The third-order valence-corrected chi connectivity index (χ3v) is 5.17. The number of carbonyl (C=O) groups excluding carboxylic acids is 1. The van der Waals surface area contributed by atoms with Crippen LogP contribution >= 0.6 is 0 Å². The molecule has 1 unspecified atom stereocenters. The number of sulfone groups is 1. The second-order valence-electron chi connectivity index (χ2n) is 5.36. The molecule has 1 atom stereocenters. The van der Waals surface area contributed by atoms with E-state index in [0.29, 0.717) is 13.0 Å². The summed E-state index contributed by atoms with van der Waals surface area (Å²) in [6, 6.07) is 0. The highest BCUT2D eigenvalue weighted by Gasteiger charge is 2.36. The van der Waals surface area contributed by atoms with E-state index in [9.17, 15) is 13.2 Å². The van der Waals surface area contributed by atoms with E-state index in [1.807, 2.05) is 13.8 Å². The normalized spacial score (nSPS) is 19.9. The molecule has 0 aromatic rings. The summed E-state index contributed by atoms with van der Waals surface area (Å²) in [7, 11) is -3.09. The maximum atomic E-state index is 12.3. The van der Waals surface area contributed by atoms with Crippen LogP contribution in [0.4, 0.5) is 0 Å². The highest BCUT2D eigenvalue weighted by molar-refractivity contribution is 7.91. The molecule has 6 nitrogen and oxygen atoms in total. The number of nitrogens with zero attached hydrogens (tertiary/aromatic N) is 2. The predicted molar refractivity (Wildman–Crippen MR) is 80.1 cm³/mol. The summed E-state index contributed by atoms with van der Waals surface area (Å²) in [5.74, 6) is -0.0917. The lowest BCUT2D eigenvalue weighted by Gasteiger charge is -2.14. The van der Waals surface area contributed by atoms with Crippen molar-refractivity contribution in [3.63, 3.8) is 0 Å². The standard InChI is InChI=1S/C13H25N3O3S/c1-4-20(18,19)9-8-16-13(17)11(6-5-7-14)12(15-16)10(2)3/h10-11H,4-9,14H2,1-3H3. The van der Waals surface area contributed by atoms with Gasteiger partial charge in [-0.05, 0) is 25.3 Å². The van der Waals surface area contributed by atoms with Crippen LogP contribution in [0, 0.1) is 11.8 Å². The van der Waals surface area contributed by atoms with Crippen LogP contribution in [0.3, 0.4) is 0 Å². The van der Waals surface area contributed by atoms with Gasteiger partial charge in [0.1, 0.15) is 0 Å². The topological polar surface area (TPSA) is 92.8 Å². The highest BCUT2D eigenvalue weighted by Crippen LogP contribution is 2.24. The molecule has 0 aliphatic carbocycles. The molecule has 0 radical (unpaired) electrons. The number of hydrazone groups is 1. The van der Waals surface area contributed by atoms with Gasteiger partial charge in [-0.3, -0.25) is 4.79 Å². The average molecular weight is 303 g/mol. The maximum Gasteiger partial charge on any atom is 0.251 e. The van der Waals surface area contributed by atoms with E-state index in [1.165, 1.54) is 5.01 Å². The summed E-state index contributed by atoms with van der Waals surface area (Å²) < 4.78 is 23.1. The number of amides is 1. The summed E-state index contributed by atoms with van der Waals surface area (Å²) in [5, 5.41) is 5.66. The Morgan fingerprint density at radius 1 is 1.40 bits per heavy atom. The fourth-order valence-electron chi connectivity index (χ4n) is 2.21. The van der Waals surface area contributed by atoms with Crippen LogP contribution in [0.5, 0.6) is 0 Å². The Hall–Kier alpha value is -0.950. The van der Waals surface area contributed by atoms with Crippen LogP contribution in [-0.4, -0.2) is 49.6 Å². The van der Waals surface area contributed by atoms with E-state index in [2.05, 4.69) is 5.10 Å². The minimum Gasteiger partial charge on any atom is -0.330 e. The lowest BCUT2D eigenvalue weighted by Crippen LogP contribution is -2.32. The first-order valence-electron chi connectivity index (χ1n) is 7.12. The zero-order valence-corrected chi connectivity index (χ0v) is 13.3. The van der Waals surface area contributed by atoms with Crippen molar-refractivity contribution in [1.29, 1.82) is 0 Å². The predicted octanol–water partition coefficient (Wildman–Crippen LogP) is 0.630. The molecule has 0 saturated heterocycles. The SMILES string of the molecule is CCS(=O)(=O)CCN1N=C(C(C)C)C(CCCN)C1=O. The molecule has 1 aliphatic heterocycles. The monoisotopic (exact) mass is 303 g/mol. The highest BCUT2D eigenvalue weighted by atomic mass is 32.2. The number of hydrogen-bond donors (Lipinski definition) is 1. The second kappa shape index (κ2) is 7.17. The fraction of sp³-hybridized carbons (Fsp3) is 0.846. The van der Waals surface area contributed by atoms with Crippen LogP contribution in [0.2, 0.25) is 0 Å². The largest absolute Gasteiger partial charge is 0.330 e. The summed E-state index contributed by atoms with van der Waals surface area (Å²) in [4.78, 5) is 12.3. The Balaban J connectivity index is 2.76. The number of rotatable bonds is 8. The van der Waals surface area contributed by atoms with Gasteiger partial charge in [0.05, 0.1) is 23.9 Å². The van der Waals surface area contributed by atoms with Crippen LogP contribution < -0.4 is 5.73 Å². The molecule has 0 saturated carbocycles. The number of hydrogen-bond acceptors (Lipinski definition) is 5. The Morgan fingerprint density at radius 3 is 2.55 bits per heavy atom. The molecule has 1 aliphatic rings. The fourth-order valence-corrected chi connectivity index (χ4v) is 2.95. The molecule has 0 spiro atoms. The van der Waals surface area contributed by atoms with Crippen molar-refractivity contribution in [1.82, 2.24) is 5.01 Å². The van der Waals surface area contributed by atoms with Crippen LogP contribution in [0.25, 0.3) is 0 Å². The quantitative estimate of drug-likeness (QED) is 0.712. The zero-order valence-electron chi connectivity index (χ0n) is 12.5. The van der Waals surface area contributed by atoms with Crippen LogP contribution in [-0.2, 0) is 14.6 Å². The van der Waals surface area contributed by atoms with Gasteiger partial charge in [0, 0.05) is 5.75 Å². The van der Waals surface area contributed by atoms with Gasteiger partial charge in [0.2, 0.25) is 0 Å². The van der Waals surface area contributed by atoms with Crippen molar-refractivity contribution in [2.75, 3.05) is 24.6 Å². The first-order chi connectivity index (χ1) is 9.32. The Kier molecular flexibility index (Phi) is 6.13. The van der Waals surface area contributed by atoms with E-state index >= 15 is 0 Å². The first kappa shape index (κ1) is 17.1. The maximum absolute atomic E-state index is 12.3. The van der Waals surface area contributed by atoms with Crippen molar-refractivity contribution in [2.45, 2.75) is 33.6 Å². The first-order valence-corrected chi connectivity index (χ1v) is 8.94. The van der Waals surface area contributed by atoms with Crippen LogP contribution in [0.15, 0.2) is 5.10 Å². The zero-order chi connectivity index (χ0) is 15.3. The van der Waals surface area contributed by atoms with Gasteiger partial charge in [-0.1, -0.05) is 20.8 Å². The van der Waals surface area contributed by atoms with E-state index < -0.39 is 9.84 Å². The number of nitrogens with two attached hydrogens (primary N) is 1. The molecule has 2 N–H and O–H groups in total. The molecule has 116 valence electrons. The molecule has 0 bridgehead atoms. The van der Waals surface area contributed by atoms with Crippen molar-refractivity contribution in [3.05, 3.63) is 0 Å². The Bertz CT molecular complexity index is 471. The van der Waals surface area contributed by atoms with Gasteiger partial charge in [-0.15, -0.1) is 0 Å². The lowest BCUT2D eigenvalue weighted by molar-refractivity contribution is -0.131. The minimum atomic E-state index is -3.09. The van der Waals surface area contributed by atoms with Gasteiger partial charge in [-0.2, -0.15) is 5.10 Å². The molecule has 7 heteroatoms. The Morgan fingerprint density at radius 2 is 2.05 bits per heavy atom. The van der Waals surface area contributed by atoms with Crippen molar-refractivity contribution in [2.24, 2.45) is 22.7 Å². The lowest BCUT2D eigenvalue weighted by atomic mass is 9.90. The molecule has 20 heavy (non-hydrogen) atoms. The van der Waals surface area contributed by atoms with Crippen molar-refractivity contribution < 1.29 is 13.2 Å². The molecule has 1 amide bonds. The third-order valence-electron chi connectivity index (χ3n) is 3.49. The second-order valence-corrected chi connectivity index (χ2v) is 7.83. The van der Waals surface area contributed by atoms with E-state index in [0.717, 1.165) is 12.1 Å². The van der Waals surface area contributed by atoms with Gasteiger partial charge in [0.15, 0.2) is 9.84 Å². The van der Waals surface area contributed by atoms with E-state index in [-0.39, 0.29) is 35.8 Å². The molecule has 0 aromatic carbocycles. The molecule has 1 rings (SSSR count).